The van der Waals surface area contributed by atoms with Crippen molar-refractivity contribution in [2.24, 2.45) is 0 Å². The Morgan fingerprint density at radius 3 is 2.42 bits per heavy atom. The summed E-state index contributed by atoms with van der Waals surface area (Å²) in [6, 6.07) is 9.38. The first kappa shape index (κ1) is 13.7. The molecule has 1 heterocycles. The zero-order chi connectivity index (χ0) is 13.7. The average molecular weight is 257 g/mol. The number of benzene rings is 1. The van der Waals surface area contributed by atoms with Crippen molar-refractivity contribution in [3.63, 3.8) is 0 Å². The standard InChI is InChI=1S/C17H20FN/c1-3-5-6-14-7-9-15(16(18)11-14)17-10-8-13(4-2)12-19-17/h7-12H,3-6H2,1-2H3. The van der Waals surface area contributed by atoms with Crippen LogP contribution >= 0.6 is 0 Å². The monoisotopic (exact) mass is 257 g/mol. The highest BCUT2D eigenvalue weighted by atomic mass is 19.1. The van der Waals surface area contributed by atoms with Crippen LogP contribution in [0.4, 0.5) is 4.39 Å². The van der Waals surface area contributed by atoms with E-state index >= 15 is 0 Å². The molecule has 0 saturated heterocycles. The molecule has 0 saturated carbocycles. The van der Waals surface area contributed by atoms with E-state index < -0.39 is 0 Å². The summed E-state index contributed by atoms with van der Waals surface area (Å²) in [5, 5.41) is 0. The van der Waals surface area contributed by atoms with Gasteiger partial charge in [0.2, 0.25) is 0 Å². The van der Waals surface area contributed by atoms with Crippen LogP contribution in [-0.4, -0.2) is 4.98 Å². The van der Waals surface area contributed by atoms with Gasteiger partial charge in [-0.2, -0.15) is 0 Å². The number of halogens is 1. The Bertz CT molecular complexity index is 531. The molecule has 1 aromatic heterocycles. The summed E-state index contributed by atoms with van der Waals surface area (Å²) in [4.78, 5) is 4.33. The van der Waals surface area contributed by atoms with Crippen molar-refractivity contribution in [2.75, 3.05) is 0 Å². The van der Waals surface area contributed by atoms with Crippen molar-refractivity contribution in [1.29, 1.82) is 0 Å². The average Bonchev–Trinajstić information content (AvgIpc) is 2.45. The van der Waals surface area contributed by atoms with Gasteiger partial charge in [0.05, 0.1) is 5.69 Å². The van der Waals surface area contributed by atoms with Crippen molar-refractivity contribution in [3.8, 4) is 11.3 Å². The second-order valence-electron chi connectivity index (χ2n) is 4.82. The predicted octanol–water partition coefficient (Wildman–Crippen LogP) is 4.79. The summed E-state index contributed by atoms with van der Waals surface area (Å²) in [5.41, 5.74) is 3.52. The molecular formula is C17H20FN. The molecular weight excluding hydrogens is 237 g/mol. The second kappa shape index (κ2) is 6.46. The van der Waals surface area contributed by atoms with Crippen LogP contribution in [0.2, 0.25) is 0 Å². The van der Waals surface area contributed by atoms with E-state index in [9.17, 15) is 4.39 Å². The van der Waals surface area contributed by atoms with Crippen LogP contribution in [0.5, 0.6) is 0 Å². The van der Waals surface area contributed by atoms with Crippen molar-refractivity contribution >= 4 is 0 Å². The minimum absolute atomic E-state index is 0.176. The van der Waals surface area contributed by atoms with E-state index in [1.807, 2.05) is 30.5 Å². The molecule has 0 unspecified atom stereocenters. The molecule has 2 rings (SSSR count). The van der Waals surface area contributed by atoms with Gasteiger partial charge in [0.25, 0.3) is 0 Å². The molecule has 0 spiro atoms. The number of unbranched alkanes of at least 4 members (excludes halogenated alkanes) is 1. The molecule has 100 valence electrons. The van der Waals surface area contributed by atoms with Gasteiger partial charge in [-0.05, 0) is 48.6 Å². The number of aromatic nitrogens is 1. The largest absolute Gasteiger partial charge is 0.256 e. The lowest BCUT2D eigenvalue weighted by molar-refractivity contribution is 0.627. The van der Waals surface area contributed by atoms with Crippen molar-refractivity contribution < 1.29 is 4.39 Å². The molecule has 0 N–H and O–H groups in total. The van der Waals surface area contributed by atoms with Crippen LogP contribution in [-0.2, 0) is 12.8 Å². The molecule has 19 heavy (non-hydrogen) atoms. The molecule has 0 fully saturated rings. The topological polar surface area (TPSA) is 12.9 Å². The van der Waals surface area contributed by atoms with Crippen LogP contribution in [0.15, 0.2) is 36.5 Å². The normalized spacial score (nSPS) is 10.7. The SMILES string of the molecule is CCCCc1ccc(-c2ccc(CC)cn2)c(F)c1. The van der Waals surface area contributed by atoms with Gasteiger partial charge in [0.15, 0.2) is 0 Å². The zero-order valence-electron chi connectivity index (χ0n) is 11.6. The first-order valence-corrected chi connectivity index (χ1v) is 6.98. The quantitative estimate of drug-likeness (QED) is 0.750. The van der Waals surface area contributed by atoms with E-state index in [1.165, 1.54) is 5.56 Å². The van der Waals surface area contributed by atoms with Gasteiger partial charge in [-0.1, -0.05) is 32.4 Å². The summed E-state index contributed by atoms with van der Waals surface area (Å²) in [6.07, 6.45) is 5.94. The first-order chi connectivity index (χ1) is 9.24. The smallest absolute Gasteiger partial charge is 0.132 e. The van der Waals surface area contributed by atoms with Gasteiger partial charge in [-0.25, -0.2) is 4.39 Å². The summed E-state index contributed by atoms with van der Waals surface area (Å²) in [7, 11) is 0. The maximum atomic E-state index is 14.1. The van der Waals surface area contributed by atoms with Crippen molar-refractivity contribution in [3.05, 3.63) is 53.5 Å². The van der Waals surface area contributed by atoms with E-state index in [1.54, 1.807) is 6.07 Å². The first-order valence-electron chi connectivity index (χ1n) is 6.98. The van der Waals surface area contributed by atoms with E-state index in [-0.39, 0.29) is 5.82 Å². The molecule has 0 aliphatic rings. The Hall–Kier alpha value is -1.70. The number of nitrogens with zero attached hydrogens (tertiary/aromatic N) is 1. The Balaban J connectivity index is 2.24. The van der Waals surface area contributed by atoms with Crippen LogP contribution in [0.25, 0.3) is 11.3 Å². The lowest BCUT2D eigenvalue weighted by Gasteiger charge is -2.06. The number of rotatable bonds is 5. The highest BCUT2D eigenvalue weighted by molar-refractivity contribution is 5.60. The molecule has 0 bridgehead atoms. The van der Waals surface area contributed by atoms with Gasteiger partial charge in [-0.15, -0.1) is 0 Å². The third kappa shape index (κ3) is 3.40. The van der Waals surface area contributed by atoms with Gasteiger partial charge in [0.1, 0.15) is 5.82 Å². The second-order valence-corrected chi connectivity index (χ2v) is 4.82. The number of hydrogen-bond acceptors (Lipinski definition) is 1. The fourth-order valence-corrected chi connectivity index (χ4v) is 2.10. The molecule has 0 amide bonds. The van der Waals surface area contributed by atoms with Crippen LogP contribution < -0.4 is 0 Å². The molecule has 1 aromatic carbocycles. The number of pyridine rings is 1. The minimum Gasteiger partial charge on any atom is -0.256 e. The van der Waals surface area contributed by atoms with E-state index in [2.05, 4.69) is 18.8 Å². The Morgan fingerprint density at radius 1 is 1.05 bits per heavy atom. The van der Waals surface area contributed by atoms with E-state index in [0.717, 1.165) is 31.2 Å². The van der Waals surface area contributed by atoms with Crippen molar-refractivity contribution in [2.45, 2.75) is 39.5 Å². The van der Waals surface area contributed by atoms with Gasteiger partial charge in [-0.3, -0.25) is 4.98 Å². The Morgan fingerprint density at radius 2 is 1.84 bits per heavy atom. The third-order valence-electron chi connectivity index (χ3n) is 3.36. The molecule has 0 aliphatic carbocycles. The third-order valence-corrected chi connectivity index (χ3v) is 3.36. The van der Waals surface area contributed by atoms with Crippen LogP contribution in [0.3, 0.4) is 0 Å². The molecule has 1 nitrogen and oxygen atoms in total. The number of hydrogen-bond donors (Lipinski definition) is 0. The zero-order valence-corrected chi connectivity index (χ0v) is 11.6. The minimum atomic E-state index is -0.176. The molecule has 0 radical (unpaired) electrons. The van der Waals surface area contributed by atoms with Crippen LogP contribution in [0.1, 0.15) is 37.8 Å². The maximum absolute atomic E-state index is 14.1. The fraction of sp³-hybridized carbons (Fsp3) is 0.353. The number of aryl methyl sites for hydroxylation is 2. The fourth-order valence-electron chi connectivity index (χ4n) is 2.10. The van der Waals surface area contributed by atoms with Crippen molar-refractivity contribution in [1.82, 2.24) is 4.98 Å². The Kier molecular flexibility index (Phi) is 4.67. The summed E-state index contributed by atoms with van der Waals surface area (Å²) < 4.78 is 14.1. The van der Waals surface area contributed by atoms with Gasteiger partial charge >= 0.3 is 0 Å². The molecule has 0 aliphatic heterocycles. The highest BCUT2D eigenvalue weighted by Crippen LogP contribution is 2.22. The lowest BCUT2D eigenvalue weighted by Crippen LogP contribution is -1.92. The summed E-state index contributed by atoms with van der Waals surface area (Å²) in [6.45, 7) is 4.23. The van der Waals surface area contributed by atoms with E-state index in [4.69, 9.17) is 0 Å². The molecule has 2 aromatic rings. The predicted molar refractivity (Wildman–Crippen MR) is 77.6 cm³/mol. The molecule has 0 atom stereocenters. The summed E-state index contributed by atoms with van der Waals surface area (Å²) in [5.74, 6) is -0.176. The molecule has 2 heteroatoms. The maximum Gasteiger partial charge on any atom is 0.132 e. The van der Waals surface area contributed by atoms with Gasteiger partial charge in [0, 0.05) is 11.8 Å². The lowest BCUT2D eigenvalue weighted by atomic mass is 10.0. The Labute approximate surface area is 114 Å². The van der Waals surface area contributed by atoms with E-state index in [0.29, 0.717) is 11.3 Å². The summed E-state index contributed by atoms with van der Waals surface area (Å²) >= 11 is 0. The van der Waals surface area contributed by atoms with Crippen LogP contribution in [0, 0.1) is 5.82 Å². The van der Waals surface area contributed by atoms with Gasteiger partial charge < -0.3 is 0 Å². The highest BCUT2D eigenvalue weighted by Gasteiger charge is 2.07.